The van der Waals surface area contributed by atoms with Crippen molar-refractivity contribution in [3.63, 3.8) is 0 Å². The Morgan fingerprint density at radius 3 is 2.55 bits per heavy atom. The Labute approximate surface area is 120 Å². The van der Waals surface area contributed by atoms with Crippen molar-refractivity contribution in [2.75, 3.05) is 0 Å². The second-order valence-electron chi connectivity index (χ2n) is 4.03. The monoisotopic (exact) mass is 317 g/mol. The van der Waals surface area contributed by atoms with Crippen molar-refractivity contribution in [1.29, 1.82) is 0 Å². The third-order valence-corrected chi connectivity index (χ3v) is 4.19. The van der Waals surface area contributed by atoms with Gasteiger partial charge in [-0.25, -0.2) is 21.9 Å². The summed E-state index contributed by atoms with van der Waals surface area (Å²) < 4.78 is 52.5. The third-order valence-electron chi connectivity index (χ3n) is 2.54. The molecule has 0 aliphatic carbocycles. The minimum Gasteiger partial charge on any atom is -0.207 e. The second-order valence-corrected chi connectivity index (χ2v) is 6.20. The van der Waals surface area contributed by atoms with E-state index in [-0.39, 0.29) is 6.54 Å². The van der Waals surface area contributed by atoms with Crippen molar-refractivity contribution in [2.24, 2.45) is 0 Å². The first kappa shape index (κ1) is 14.9. The smallest absolute Gasteiger partial charge is 0.207 e. The van der Waals surface area contributed by atoms with E-state index >= 15 is 0 Å². The Morgan fingerprint density at radius 2 is 1.85 bits per heavy atom. The van der Waals surface area contributed by atoms with Crippen LogP contribution in [0, 0.1) is 11.6 Å². The highest BCUT2D eigenvalue weighted by Crippen LogP contribution is 2.16. The van der Waals surface area contributed by atoms with Crippen molar-refractivity contribution >= 4 is 21.6 Å². The van der Waals surface area contributed by atoms with Gasteiger partial charge in [-0.15, -0.1) is 0 Å². The van der Waals surface area contributed by atoms with Crippen LogP contribution in [0.2, 0.25) is 5.02 Å². The molecule has 0 aliphatic rings. The molecule has 2 rings (SSSR count). The normalized spacial score (nSPS) is 11.6. The van der Waals surface area contributed by atoms with Crippen LogP contribution in [-0.4, -0.2) is 8.42 Å². The molecule has 0 bridgehead atoms. The molecule has 0 spiro atoms. The van der Waals surface area contributed by atoms with Crippen LogP contribution < -0.4 is 4.72 Å². The summed E-state index contributed by atoms with van der Waals surface area (Å²) in [5.41, 5.74) is 0.609. The molecule has 0 radical (unpaired) electrons. The number of halogens is 3. The number of hydrogen-bond acceptors (Lipinski definition) is 2. The molecule has 2 aromatic carbocycles. The number of sulfonamides is 1. The molecule has 2 aromatic rings. The van der Waals surface area contributed by atoms with Crippen molar-refractivity contribution in [3.8, 4) is 0 Å². The molecule has 3 nitrogen and oxygen atoms in total. The van der Waals surface area contributed by atoms with E-state index in [1.54, 1.807) is 24.3 Å². The fourth-order valence-corrected chi connectivity index (χ4v) is 2.90. The first-order chi connectivity index (χ1) is 9.38. The molecule has 1 N–H and O–H groups in total. The van der Waals surface area contributed by atoms with E-state index in [0.29, 0.717) is 16.7 Å². The lowest BCUT2D eigenvalue weighted by atomic mass is 10.2. The zero-order chi connectivity index (χ0) is 14.8. The van der Waals surface area contributed by atoms with Crippen LogP contribution in [0.4, 0.5) is 8.78 Å². The van der Waals surface area contributed by atoms with Gasteiger partial charge in [0, 0.05) is 11.6 Å². The maximum Gasteiger partial charge on any atom is 0.243 e. The Kier molecular flexibility index (Phi) is 4.37. The van der Waals surface area contributed by atoms with Gasteiger partial charge in [-0.2, -0.15) is 0 Å². The van der Waals surface area contributed by atoms with E-state index < -0.39 is 26.6 Å². The van der Waals surface area contributed by atoms with Crippen LogP contribution in [0.1, 0.15) is 5.56 Å². The predicted octanol–water partition coefficient (Wildman–Crippen LogP) is 3.10. The van der Waals surface area contributed by atoms with E-state index in [2.05, 4.69) is 4.72 Å². The molecule has 7 heteroatoms. The summed E-state index contributed by atoms with van der Waals surface area (Å²) >= 11 is 5.77. The topological polar surface area (TPSA) is 46.2 Å². The standard InChI is InChI=1S/C13H10ClF2NO2S/c14-10-3-1-2-9(6-10)8-17-20(18,19)13-7-11(15)4-5-12(13)16/h1-7,17H,8H2. The Morgan fingerprint density at radius 1 is 1.10 bits per heavy atom. The SMILES string of the molecule is O=S(=O)(NCc1cccc(Cl)c1)c1cc(F)ccc1F. The highest BCUT2D eigenvalue weighted by molar-refractivity contribution is 7.89. The van der Waals surface area contributed by atoms with Crippen LogP contribution in [0.5, 0.6) is 0 Å². The lowest BCUT2D eigenvalue weighted by molar-refractivity contribution is 0.545. The van der Waals surface area contributed by atoms with Gasteiger partial charge in [0.05, 0.1) is 0 Å². The Balaban J connectivity index is 2.21. The van der Waals surface area contributed by atoms with Crippen molar-refractivity contribution in [2.45, 2.75) is 11.4 Å². The molecule has 0 saturated heterocycles. The molecule has 0 fully saturated rings. The minimum absolute atomic E-state index is 0.0706. The average Bonchev–Trinajstić information content (AvgIpc) is 2.39. The van der Waals surface area contributed by atoms with Crippen LogP contribution in [0.3, 0.4) is 0 Å². The van der Waals surface area contributed by atoms with Crippen LogP contribution >= 0.6 is 11.6 Å². The van der Waals surface area contributed by atoms with E-state index in [1.165, 1.54) is 0 Å². The molecule has 0 aromatic heterocycles. The fraction of sp³-hybridized carbons (Fsp3) is 0.0769. The first-order valence-electron chi connectivity index (χ1n) is 5.58. The second kappa shape index (κ2) is 5.87. The van der Waals surface area contributed by atoms with Crippen molar-refractivity contribution in [1.82, 2.24) is 4.72 Å². The van der Waals surface area contributed by atoms with E-state index in [4.69, 9.17) is 11.6 Å². The first-order valence-corrected chi connectivity index (χ1v) is 7.44. The van der Waals surface area contributed by atoms with Gasteiger partial charge in [0.1, 0.15) is 16.5 Å². The van der Waals surface area contributed by atoms with E-state index in [9.17, 15) is 17.2 Å². The molecule has 0 heterocycles. The van der Waals surface area contributed by atoms with Crippen LogP contribution in [-0.2, 0) is 16.6 Å². The van der Waals surface area contributed by atoms with Gasteiger partial charge in [-0.05, 0) is 35.9 Å². The summed E-state index contributed by atoms with van der Waals surface area (Å²) in [6, 6.07) is 8.80. The maximum atomic E-state index is 13.4. The van der Waals surface area contributed by atoms with E-state index in [0.717, 1.165) is 12.1 Å². The molecule has 106 valence electrons. The summed E-state index contributed by atoms with van der Waals surface area (Å²) in [6.07, 6.45) is 0. The summed E-state index contributed by atoms with van der Waals surface area (Å²) in [5.74, 6) is -1.83. The van der Waals surface area contributed by atoms with Gasteiger partial charge in [0.15, 0.2) is 0 Å². The number of hydrogen-bond donors (Lipinski definition) is 1. The molecule has 0 unspecified atom stereocenters. The zero-order valence-corrected chi connectivity index (χ0v) is 11.7. The van der Waals surface area contributed by atoms with Crippen molar-refractivity contribution in [3.05, 3.63) is 64.7 Å². The highest BCUT2D eigenvalue weighted by atomic mass is 35.5. The quantitative estimate of drug-likeness (QED) is 0.942. The average molecular weight is 318 g/mol. The molecule has 0 saturated carbocycles. The Hall–Kier alpha value is -1.50. The molecule has 0 amide bonds. The van der Waals surface area contributed by atoms with Gasteiger partial charge < -0.3 is 0 Å². The molecular formula is C13H10ClF2NO2S. The van der Waals surface area contributed by atoms with Gasteiger partial charge in [-0.3, -0.25) is 0 Å². The van der Waals surface area contributed by atoms with Gasteiger partial charge in [0.25, 0.3) is 0 Å². The predicted molar refractivity (Wildman–Crippen MR) is 71.8 cm³/mol. The summed E-state index contributed by atoms with van der Waals surface area (Å²) in [6.45, 7) is -0.0706. The van der Waals surface area contributed by atoms with Gasteiger partial charge in [-0.1, -0.05) is 23.7 Å². The van der Waals surface area contributed by atoms with Gasteiger partial charge in [0.2, 0.25) is 10.0 Å². The van der Waals surface area contributed by atoms with Crippen LogP contribution in [0.15, 0.2) is 47.4 Å². The summed E-state index contributed by atoms with van der Waals surface area (Å²) in [5, 5.41) is 0.457. The maximum absolute atomic E-state index is 13.4. The lowest BCUT2D eigenvalue weighted by Gasteiger charge is -2.08. The fourth-order valence-electron chi connectivity index (χ4n) is 1.59. The Bertz CT molecular complexity index is 735. The van der Waals surface area contributed by atoms with Crippen LogP contribution in [0.25, 0.3) is 0 Å². The van der Waals surface area contributed by atoms with E-state index in [1.807, 2.05) is 0 Å². The number of nitrogens with one attached hydrogen (secondary N) is 1. The van der Waals surface area contributed by atoms with Crippen molar-refractivity contribution < 1.29 is 17.2 Å². The summed E-state index contributed by atoms with van der Waals surface area (Å²) in [7, 11) is -4.13. The zero-order valence-electron chi connectivity index (χ0n) is 10.1. The largest absolute Gasteiger partial charge is 0.243 e. The number of benzene rings is 2. The molecule has 0 aliphatic heterocycles. The molecule has 20 heavy (non-hydrogen) atoms. The summed E-state index contributed by atoms with van der Waals surface area (Å²) in [4.78, 5) is -0.723. The minimum atomic E-state index is -4.13. The molecule has 0 atom stereocenters. The molecular weight excluding hydrogens is 308 g/mol. The third kappa shape index (κ3) is 3.53. The number of rotatable bonds is 4. The lowest BCUT2D eigenvalue weighted by Crippen LogP contribution is -2.24. The van der Waals surface area contributed by atoms with Gasteiger partial charge >= 0.3 is 0 Å². The highest BCUT2D eigenvalue weighted by Gasteiger charge is 2.19.